The molecule has 0 saturated heterocycles. The molecule has 78 valence electrons. The van der Waals surface area contributed by atoms with Crippen LogP contribution in [0.5, 0.6) is 0 Å². The van der Waals surface area contributed by atoms with E-state index in [4.69, 9.17) is 16.0 Å². The first kappa shape index (κ1) is 10.1. The molecule has 15 heavy (non-hydrogen) atoms. The van der Waals surface area contributed by atoms with E-state index in [9.17, 15) is 8.78 Å². The van der Waals surface area contributed by atoms with Crippen molar-refractivity contribution in [2.75, 3.05) is 0 Å². The molecule has 0 aliphatic heterocycles. The van der Waals surface area contributed by atoms with Gasteiger partial charge in [0.15, 0.2) is 5.76 Å². The summed E-state index contributed by atoms with van der Waals surface area (Å²) in [5, 5.41) is -0.301. The quantitative estimate of drug-likeness (QED) is 0.747. The number of aromatic nitrogens is 1. The Kier molecular flexibility index (Phi) is 2.44. The second-order valence-corrected chi connectivity index (χ2v) is 3.43. The summed E-state index contributed by atoms with van der Waals surface area (Å²) in [6.45, 7) is 1.70. The lowest BCUT2D eigenvalue weighted by atomic mass is 10.1. The summed E-state index contributed by atoms with van der Waals surface area (Å²) in [5.41, 5.74) is 0.946. The number of rotatable bonds is 1. The molecule has 0 saturated carbocycles. The first-order valence-electron chi connectivity index (χ1n) is 4.15. The number of hydrogen-bond donors (Lipinski definition) is 0. The number of aryl methyl sites for hydroxylation is 1. The van der Waals surface area contributed by atoms with E-state index in [1.54, 1.807) is 13.0 Å². The molecule has 1 aromatic carbocycles. The van der Waals surface area contributed by atoms with E-state index in [0.717, 1.165) is 6.07 Å². The lowest BCUT2D eigenvalue weighted by molar-refractivity contribution is 0.548. The molecule has 1 heterocycles. The minimum Gasteiger partial charge on any atom is -0.424 e. The van der Waals surface area contributed by atoms with Crippen molar-refractivity contribution >= 4 is 11.6 Å². The molecule has 0 bridgehead atoms. The fourth-order valence-corrected chi connectivity index (χ4v) is 1.47. The van der Waals surface area contributed by atoms with E-state index in [0.29, 0.717) is 5.56 Å². The number of nitrogens with zero attached hydrogens (tertiary/aromatic N) is 1. The van der Waals surface area contributed by atoms with Crippen molar-refractivity contribution in [1.29, 1.82) is 0 Å². The Morgan fingerprint density at radius 3 is 2.53 bits per heavy atom. The smallest absolute Gasteiger partial charge is 0.295 e. The SMILES string of the molecule is Cc1cc(F)cc(-c2oc(Cl)nc2F)c1. The topological polar surface area (TPSA) is 26.0 Å². The molecule has 0 amide bonds. The molecule has 5 heteroatoms. The average Bonchev–Trinajstić information content (AvgIpc) is 2.43. The third-order valence-electron chi connectivity index (χ3n) is 1.86. The van der Waals surface area contributed by atoms with Crippen LogP contribution in [-0.4, -0.2) is 4.98 Å². The van der Waals surface area contributed by atoms with Gasteiger partial charge in [0.1, 0.15) is 5.82 Å². The van der Waals surface area contributed by atoms with Gasteiger partial charge in [0.05, 0.1) is 0 Å². The Morgan fingerprint density at radius 2 is 2.00 bits per heavy atom. The molecule has 0 N–H and O–H groups in total. The van der Waals surface area contributed by atoms with Gasteiger partial charge in [0.25, 0.3) is 11.3 Å². The second kappa shape index (κ2) is 3.62. The van der Waals surface area contributed by atoms with Crippen LogP contribution >= 0.6 is 11.6 Å². The zero-order valence-electron chi connectivity index (χ0n) is 7.72. The van der Waals surface area contributed by atoms with Gasteiger partial charge in [-0.05, 0) is 42.3 Å². The molecule has 0 fully saturated rings. The van der Waals surface area contributed by atoms with Crippen molar-refractivity contribution in [2.45, 2.75) is 6.92 Å². The summed E-state index contributed by atoms with van der Waals surface area (Å²) in [7, 11) is 0. The number of hydrogen-bond acceptors (Lipinski definition) is 2. The maximum atomic E-state index is 13.1. The minimum absolute atomic E-state index is 0.150. The van der Waals surface area contributed by atoms with Crippen molar-refractivity contribution in [2.24, 2.45) is 0 Å². The van der Waals surface area contributed by atoms with Gasteiger partial charge >= 0.3 is 0 Å². The van der Waals surface area contributed by atoms with Crippen LogP contribution in [0.15, 0.2) is 22.6 Å². The number of oxazole rings is 1. The Bertz CT molecular complexity index is 490. The predicted octanol–water partition coefficient (Wildman–Crippen LogP) is 3.58. The van der Waals surface area contributed by atoms with Crippen LogP contribution < -0.4 is 0 Å². The molecule has 0 atom stereocenters. The Morgan fingerprint density at radius 1 is 1.27 bits per heavy atom. The van der Waals surface area contributed by atoms with E-state index in [-0.39, 0.29) is 16.7 Å². The summed E-state index contributed by atoms with van der Waals surface area (Å²) in [6.07, 6.45) is 0. The van der Waals surface area contributed by atoms with Crippen LogP contribution in [0.25, 0.3) is 11.3 Å². The Balaban J connectivity index is 2.58. The summed E-state index contributed by atoms with van der Waals surface area (Å²) in [5.74, 6) is -1.45. The third kappa shape index (κ3) is 1.99. The van der Waals surface area contributed by atoms with E-state index in [2.05, 4.69) is 4.98 Å². The van der Waals surface area contributed by atoms with Crippen molar-refractivity contribution in [3.8, 4) is 11.3 Å². The van der Waals surface area contributed by atoms with Crippen LogP contribution in [-0.2, 0) is 0 Å². The normalized spacial score (nSPS) is 10.7. The molecule has 1 aromatic heterocycles. The fraction of sp³-hybridized carbons (Fsp3) is 0.100. The molecule has 0 aliphatic carbocycles. The van der Waals surface area contributed by atoms with Crippen molar-refractivity contribution in [3.63, 3.8) is 0 Å². The second-order valence-electron chi connectivity index (χ2n) is 3.10. The van der Waals surface area contributed by atoms with Crippen molar-refractivity contribution in [1.82, 2.24) is 4.98 Å². The first-order valence-corrected chi connectivity index (χ1v) is 4.53. The summed E-state index contributed by atoms with van der Waals surface area (Å²) >= 11 is 5.38. The maximum Gasteiger partial charge on any atom is 0.295 e. The number of benzene rings is 1. The molecule has 0 radical (unpaired) electrons. The van der Waals surface area contributed by atoms with Crippen LogP contribution in [0.4, 0.5) is 8.78 Å². The highest BCUT2D eigenvalue weighted by atomic mass is 35.5. The maximum absolute atomic E-state index is 13.1. The van der Waals surface area contributed by atoms with Gasteiger partial charge in [0, 0.05) is 5.56 Å². The monoisotopic (exact) mass is 229 g/mol. The Labute approximate surface area is 89.5 Å². The minimum atomic E-state index is -0.843. The zero-order chi connectivity index (χ0) is 11.0. The average molecular weight is 230 g/mol. The summed E-state index contributed by atoms with van der Waals surface area (Å²) < 4.78 is 31.0. The largest absolute Gasteiger partial charge is 0.424 e. The fourth-order valence-electron chi connectivity index (χ4n) is 1.32. The first-order chi connectivity index (χ1) is 7.06. The van der Waals surface area contributed by atoms with Crippen LogP contribution in [0.3, 0.4) is 0 Å². The summed E-state index contributed by atoms with van der Waals surface area (Å²) in [4.78, 5) is 3.26. The highest BCUT2D eigenvalue weighted by Gasteiger charge is 2.14. The van der Waals surface area contributed by atoms with Gasteiger partial charge in [-0.1, -0.05) is 0 Å². The van der Waals surface area contributed by atoms with E-state index < -0.39 is 11.8 Å². The third-order valence-corrected chi connectivity index (χ3v) is 2.03. The highest BCUT2D eigenvalue weighted by Crippen LogP contribution is 2.27. The lowest BCUT2D eigenvalue weighted by Gasteiger charge is -1.99. The van der Waals surface area contributed by atoms with Gasteiger partial charge in [-0.25, -0.2) is 4.39 Å². The summed E-state index contributed by atoms with van der Waals surface area (Å²) in [6, 6.07) is 4.08. The van der Waals surface area contributed by atoms with Gasteiger partial charge < -0.3 is 4.42 Å². The van der Waals surface area contributed by atoms with Gasteiger partial charge in [0.2, 0.25) is 0 Å². The predicted molar refractivity (Wildman–Crippen MR) is 51.6 cm³/mol. The van der Waals surface area contributed by atoms with Gasteiger partial charge in [-0.2, -0.15) is 9.37 Å². The van der Waals surface area contributed by atoms with E-state index in [1.807, 2.05) is 0 Å². The number of halogens is 3. The molecule has 0 aliphatic rings. The zero-order valence-corrected chi connectivity index (χ0v) is 8.48. The standard InChI is InChI=1S/C10H6ClF2NO/c1-5-2-6(4-7(12)3-5)8-9(13)14-10(11)15-8/h2-4H,1H3. The van der Waals surface area contributed by atoms with E-state index >= 15 is 0 Å². The molecule has 0 spiro atoms. The van der Waals surface area contributed by atoms with Crippen LogP contribution in [0.1, 0.15) is 5.56 Å². The molecular weight excluding hydrogens is 224 g/mol. The molecule has 2 aromatic rings. The molecule has 2 rings (SSSR count). The van der Waals surface area contributed by atoms with Crippen LogP contribution in [0.2, 0.25) is 5.35 Å². The van der Waals surface area contributed by atoms with Crippen molar-refractivity contribution < 1.29 is 13.2 Å². The van der Waals surface area contributed by atoms with Crippen LogP contribution in [0, 0.1) is 18.7 Å². The highest BCUT2D eigenvalue weighted by molar-refractivity contribution is 6.27. The lowest BCUT2D eigenvalue weighted by Crippen LogP contribution is -1.84. The van der Waals surface area contributed by atoms with Gasteiger partial charge in [-0.3, -0.25) is 0 Å². The molecule has 2 nitrogen and oxygen atoms in total. The van der Waals surface area contributed by atoms with E-state index in [1.165, 1.54) is 6.07 Å². The van der Waals surface area contributed by atoms with Crippen molar-refractivity contribution in [3.05, 3.63) is 40.9 Å². The van der Waals surface area contributed by atoms with Gasteiger partial charge in [-0.15, -0.1) is 0 Å². The Hall–Kier alpha value is -1.42. The molecular formula is C10H6ClF2NO. The molecule has 0 unspecified atom stereocenters.